The standard InChI is InChI=1S/C52H30S2/c1-3-18-35-31(13-1)15-12-25-38(35)49-41-23-7-5-21-39(41)47(40-22-6-8-24-42(40)49)33-16-11-17-34(29-33)48-36-19-4-2-14-32(36)30-46-50(48)51-45(53-46)28-27-43-37-20-9-10-26-44(37)54-52(43)51/h1-30H. The van der Waals surface area contributed by atoms with Gasteiger partial charge in [0, 0.05) is 40.3 Å². The van der Waals surface area contributed by atoms with Crippen LogP contribution in [0.4, 0.5) is 0 Å². The fraction of sp³-hybridized carbons (Fsp3) is 0. The van der Waals surface area contributed by atoms with Crippen molar-refractivity contribution < 1.29 is 0 Å². The van der Waals surface area contributed by atoms with Gasteiger partial charge in [0.15, 0.2) is 0 Å². The number of hydrogen-bond acceptors (Lipinski definition) is 2. The summed E-state index contributed by atoms with van der Waals surface area (Å²) < 4.78 is 5.41. The average molecular weight is 719 g/mol. The molecule has 0 saturated carbocycles. The van der Waals surface area contributed by atoms with Crippen LogP contribution in [0.2, 0.25) is 0 Å². The Hall–Kier alpha value is -6.32. The van der Waals surface area contributed by atoms with E-state index >= 15 is 0 Å². The highest BCUT2D eigenvalue weighted by Gasteiger charge is 2.21. The lowest BCUT2D eigenvalue weighted by Gasteiger charge is -2.19. The molecule has 0 aliphatic carbocycles. The smallest absolute Gasteiger partial charge is 0.0448 e. The molecule has 54 heavy (non-hydrogen) atoms. The molecule has 0 bridgehead atoms. The van der Waals surface area contributed by atoms with Crippen molar-refractivity contribution in [3.8, 4) is 33.4 Å². The third-order valence-corrected chi connectivity index (χ3v) is 13.7. The molecule has 0 saturated heterocycles. The molecule has 0 radical (unpaired) electrons. The van der Waals surface area contributed by atoms with Crippen molar-refractivity contribution in [2.75, 3.05) is 0 Å². The van der Waals surface area contributed by atoms with Crippen LogP contribution in [0.3, 0.4) is 0 Å². The molecule has 0 aliphatic rings. The van der Waals surface area contributed by atoms with Gasteiger partial charge in [-0.15, -0.1) is 22.7 Å². The highest BCUT2D eigenvalue weighted by Crippen LogP contribution is 2.51. The Morgan fingerprint density at radius 2 is 0.852 bits per heavy atom. The van der Waals surface area contributed by atoms with Gasteiger partial charge in [0.05, 0.1) is 0 Å². The molecule has 0 fully saturated rings. The van der Waals surface area contributed by atoms with Gasteiger partial charge in [-0.2, -0.15) is 0 Å². The van der Waals surface area contributed by atoms with E-state index in [9.17, 15) is 0 Å². The summed E-state index contributed by atoms with van der Waals surface area (Å²) in [5.74, 6) is 0. The third kappa shape index (κ3) is 4.30. The van der Waals surface area contributed by atoms with E-state index in [1.54, 1.807) is 0 Å². The van der Waals surface area contributed by atoms with E-state index in [1.165, 1.54) is 117 Å². The first kappa shape index (κ1) is 30.2. The monoisotopic (exact) mass is 718 g/mol. The zero-order valence-corrected chi connectivity index (χ0v) is 30.8. The second-order valence-electron chi connectivity index (χ2n) is 14.3. The van der Waals surface area contributed by atoms with E-state index in [0.29, 0.717) is 0 Å². The van der Waals surface area contributed by atoms with Crippen molar-refractivity contribution >= 4 is 106 Å². The second kappa shape index (κ2) is 11.6. The maximum Gasteiger partial charge on any atom is 0.0448 e. The molecular formula is C52H30S2. The van der Waals surface area contributed by atoms with Crippen LogP contribution in [0.1, 0.15) is 0 Å². The molecule has 0 N–H and O–H groups in total. The molecule has 2 heterocycles. The first-order chi connectivity index (χ1) is 26.8. The SMILES string of the molecule is c1cc(-c2c3ccccc3c(-c3cccc4ccccc34)c3ccccc23)cc(-c2c3ccccc3cc3sc4ccc5c6ccccc6sc5c4c23)c1. The number of fused-ring (bicyclic) bond motifs is 11. The molecule has 10 aromatic carbocycles. The Labute approximate surface area is 319 Å². The molecule has 0 nitrogen and oxygen atoms in total. The van der Waals surface area contributed by atoms with E-state index < -0.39 is 0 Å². The number of benzene rings is 10. The fourth-order valence-corrected chi connectivity index (χ4v) is 11.7. The Morgan fingerprint density at radius 1 is 0.278 bits per heavy atom. The van der Waals surface area contributed by atoms with Gasteiger partial charge in [0.2, 0.25) is 0 Å². The Morgan fingerprint density at radius 3 is 1.61 bits per heavy atom. The normalized spacial score (nSPS) is 12.1. The maximum absolute atomic E-state index is 2.46. The van der Waals surface area contributed by atoms with Crippen LogP contribution in [0, 0.1) is 0 Å². The fourth-order valence-electron chi connectivity index (χ4n) is 9.16. The maximum atomic E-state index is 2.46. The van der Waals surface area contributed by atoms with Crippen molar-refractivity contribution in [2.24, 2.45) is 0 Å². The van der Waals surface area contributed by atoms with Gasteiger partial charge in [-0.1, -0.05) is 158 Å². The number of thiophene rings is 2. The van der Waals surface area contributed by atoms with Gasteiger partial charge in [-0.05, 0) is 101 Å². The highest BCUT2D eigenvalue weighted by molar-refractivity contribution is 7.30. The zero-order chi connectivity index (χ0) is 35.3. The average Bonchev–Trinajstić information content (AvgIpc) is 3.80. The first-order valence-electron chi connectivity index (χ1n) is 18.5. The van der Waals surface area contributed by atoms with Gasteiger partial charge < -0.3 is 0 Å². The van der Waals surface area contributed by atoms with Crippen LogP contribution in [0.25, 0.3) is 117 Å². The lowest BCUT2D eigenvalue weighted by molar-refractivity contribution is 1.65. The van der Waals surface area contributed by atoms with Crippen molar-refractivity contribution in [1.29, 1.82) is 0 Å². The molecular weight excluding hydrogens is 689 g/mol. The third-order valence-electron chi connectivity index (χ3n) is 11.4. The van der Waals surface area contributed by atoms with Crippen molar-refractivity contribution in [3.63, 3.8) is 0 Å². The van der Waals surface area contributed by atoms with Crippen LogP contribution >= 0.6 is 22.7 Å². The van der Waals surface area contributed by atoms with E-state index in [-0.39, 0.29) is 0 Å². The van der Waals surface area contributed by atoms with Gasteiger partial charge in [-0.25, -0.2) is 0 Å². The zero-order valence-electron chi connectivity index (χ0n) is 29.1. The van der Waals surface area contributed by atoms with Gasteiger partial charge in [-0.3, -0.25) is 0 Å². The predicted octanol–water partition coefficient (Wildman–Crippen LogP) is 16.0. The van der Waals surface area contributed by atoms with E-state index in [1.807, 2.05) is 22.7 Å². The summed E-state index contributed by atoms with van der Waals surface area (Å²) in [7, 11) is 0. The molecule has 2 aromatic heterocycles. The number of hydrogen-bond donors (Lipinski definition) is 0. The minimum Gasteiger partial charge on any atom is -0.135 e. The second-order valence-corrected chi connectivity index (χ2v) is 16.4. The molecule has 250 valence electrons. The molecule has 0 atom stereocenters. The molecule has 0 spiro atoms. The van der Waals surface area contributed by atoms with Crippen molar-refractivity contribution in [2.45, 2.75) is 0 Å². The molecule has 0 aliphatic heterocycles. The van der Waals surface area contributed by atoms with Crippen LogP contribution in [0.15, 0.2) is 182 Å². The van der Waals surface area contributed by atoms with Crippen LogP contribution < -0.4 is 0 Å². The molecule has 2 heteroatoms. The van der Waals surface area contributed by atoms with Crippen LogP contribution in [-0.4, -0.2) is 0 Å². The van der Waals surface area contributed by atoms with E-state index in [4.69, 9.17) is 0 Å². The summed E-state index contributed by atoms with van der Waals surface area (Å²) in [5, 5.41) is 15.6. The predicted molar refractivity (Wildman–Crippen MR) is 239 cm³/mol. The van der Waals surface area contributed by atoms with Gasteiger partial charge in [0.1, 0.15) is 0 Å². The summed E-state index contributed by atoms with van der Waals surface area (Å²) in [6.07, 6.45) is 0. The van der Waals surface area contributed by atoms with Crippen LogP contribution in [-0.2, 0) is 0 Å². The quantitative estimate of drug-likeness (QED) is 0.160. The lowest BCUT2D eigenvalue weighted by Crippen LogP contribution is -1.92. The Kier molecular flexibility index (Phi) is 6.48. The van der Waals surface area contributed by atoms with Crippen LogP contribution in [0.5, 0.6) is 0 Å². The molecule has 12 aromatic rings. The topological polar surface area (TPSA) is 0 Å². The summed E-state index contributed by atoms with van der Waals surface area (Å²) in [4.78, 5) is 0. The molecule has 0 amide bonds. The van der Waals surface area contributed by atoms with Gasteiger partial charge in [0.25, 0.3) is 0 Å². The molecule has 12 rings (SSSR count). The summed E-state index contributed by atoms with van der Waals surface area (Å²) in [6, 6.07) is 67.8. The van der Waals surface area contributed by atoms with Crippen molar-refractivity contribution in [1.82, 2.24) is 0 Å². The Bertz CT molecular complexity index is 3440. The largest absolute Gasteiger partial charge is 0.135 e. The van der Waals surface area contributed by atoms with Crippen molar-refractivity contribution in [3.05, 3.63) is 182 Å². The minimum absolute atomic E-state index is 1.23. The summed E-state index contributed by atoms with van der Waals surface area (Å²) in [5.41, 5.74) is 7.66. The molecule has 0 unspecified atom stereocenters. The highest BCUT2D eigenvalue weighted by atomic mass is 32.1. The summed E-state index contributed by atoms with van der Waals surface area (Å²) >= 11 is 3.85. The van der Waals surface area contributed by atoms with Gasteiger partial charge >= 0.3 is 0 Å². The first-order valence-corrected chi connectivity index (χ1v) is 20.1. The number of rotatable bonds is 3. The van der Waals surface area contributed by atoms with E-state index in [2.05, 4.69) is 182 Å². The van der Waals surface area contributed by atoms with E-state index in [0.717, 1.165) is 0 Å². The lowest BCUT2D eigenvalue weighted by atomic mass is 9.84. The summed E-state index contributed by atoms with van der Waals surface area (Å²) in [6.45, 7) is 0. The minimum atomic E-state index is 1.23. The Balaban J connectivity index is 1.18.